The number of aryl methyl sites for hydroxylation is 1. The summed E-state index contributed by atoms with van der Waals surface area (Å²) in [6.07, 6.45) is 3.49. The molecule has 106 valence electrons. The average molecular weight is 284 g/mol. The van der Waals surface area contributed by atoms with Crippen molar-refractivity contribution >= 4 is 15.9 Å². The first-order valence-electron chi connectivity index (χ1n) is 6.42. The molecule has 2 heterocycles. The fraction of sp³-hybridized carbons (Fsp3) is 0.583. The normalized spacial score (nSPS) is 21.3. The highest BCUT2D eigenvalue weighted by Crippen LogP contribution is 2.20. The average Bonchev–Trinajstić information content (AvgIpc) is 2.41. The molecule has 0 aliphatic carbocycles. The molecule has 0 saturated carbocycles. The van der Waals surface area contributed by atoms with Crippen LogP contribution in [0.25, 0.3) is 0 Å². The number of rotatable bonds is 4. The highest BCUT2D eigenvalue weighted by atomic mass is 32.2. The van der Waals surface area contributed by atoms with Gasteiger partial charge in [-0.1, -0.05) is 0 Å². The van der Waals surface area contributed by atoms with E-state index in [0.717, 1.165) is 12.8 Å². The summed E-state index contributed by atoms with van der Waals surface area (Å²) in [6.45, 7) is 3.34. The molecule has 0 aromatic carbocycles. The van der Waals surface area contributed by atoms with Gasteiger partial charge in [-0.2, -0.15) is 12.7 Å². The Morgan fingerprint density at radius 2 is 2.37 bits per heavy atom. The summed E-state index contributed by atoms with van der Waals surface area (Å²) in [5, 5.41) is 0. The van der Waals surface area contributed by atoms with E-state index in [1.807, 2.05) is 0 Å². The van der Waals surface area contributed by atoms with Crippen LogP contribution in [0.3, 0.4) is 0 Å². The van der Waals surface area contributed by atoms with Crippen LogP contribution in [0.5, 0.6) is 0 Å². The quantitative estimate of drug-likeness (QED) is 0.852. The maximum atomic E-state index is 12.3. The molecule has 1 aromatic rings. The summed E-state index contributed by atoms with van der Waals surface area (Å²) in [6, 6.07) is 3.42. The van der Waals surface area contributed by atoms with Crippen molar-refractivity contribution in [3.8, 4) is 0 Å². The van der Waals surface area contributed by atoms with Gasteiger partial charge in [-0.3, -0.25) is 9.71 Å². The lowest BCUT2D eigenvalue weighted by Gasteiger charge is -2.31. The second kappa shape index (κ2) is 5.85. The molecule has 1 unspecified atom stereocenters. The Kier molecular flexibility index (Phi) is 4.38. The van der Waals surface area contributed by atoms with E-state index in [0.29, 0.717) is 31.0 Å². The molecule has 2 rings (SSSR count). The molecule has 1 aromatic heterocycles. The monoisotopic (exact) mass is 284 g/mol. The molecule has 1 atom stereocenters. The van der Waals surface area contributed by atoms with E-state index in [-0.39, 0.29) is 5.92 Å². The van der Waals surface area contributed by atoms with Gasteiger partial charge < -0.3 is 5.73 Å². The van der Waals surface area contributed by atoms with Crippen LogP contribution in [0.15, 0.2) is 18.3 Å². The van der Waals surface area contributed by atoms with Gasteiger partial charge in [0.15, 0.2) is 0 Å². The zero-order valence-electron chi connectivity index (χ0n) is 11.0. The van der Waals surface area contributed by atoms with Gasteiger partial charge in [0.1, 0.15) is 0 Å². The molecular weight excluding hydrogens is 264 g/mol. The molecule has 1 saturated heterocycles. The predicted molar refractivity (Wildman–Crippen MR) is 74.9 cm³/mol. The molecule has 19 heavy (non-hydrogen) atoms. The highest BCUT2D eigenvalue weighted by molar-refractivity contribution is 7.90. The lowest BCUT2D eigenvalue weighted by molar-refractivity contribution is 0.273. The zero-order valence-corrected chi connectivity index (χ0v) is 11.9. The van der Waals surface area contributed by atoms with Crippen LogP contribution in [-0.4, -0.2) is 37.3 Å². The number of nitrogens with one attached hydrogen (secondary N) is 1. The highest BCUT2D eigenvalue weighted by Gasteiger charge is 2.28. The Bertz CT molecular complexity index is 532. The Labute approximate surface area is 114 Å². The number of nitrogens with two attached hydrogens (primary N) is 1. The Hall–Kier alpha value is -1.18. The first-order valence-corrected chi connectivity index (χ1v) is 7.86. The molecule has 0 radical (unpaired) electrons. The van der Waals surface area contributed by atoms with E-state index in [1.54, 1.807) is 25.3 Å². The predicted octanol–water partition coefficient (Wildman–Crippen LogP) is 0.717. The lowest BCUT2D eigenvalue weighted by atomic mass is 10.0. The van der Waals surface area contributed by atoms with Gasteiger partial charge >= 0.3 is 10.2 Å². The van der Waals surface area contributed by atoms with E-state index in [4.69, 9.17) is 5.73 Å². The minimum absolute atomic E-state index is 0.250. The summed E-state index contributed by atoms with van der Waals surface area (Å²) >= 11 is 0. The van der Waals surface area contributed by atoms with E-state index < -0.39 is 10.2 Å². The van der Waals surface area contributed by atoms with Crippen LogP contribution in [-0.2, 0) is 10.2 Å². The molecule has 6 nitrogen and oxygen atoms in total. The summed E-state index contributed by atoms with van der Waals surface area (Å²) in [5.74, 6) is 0.250. The number of anilines is 1. The largest absolute Gasteiger partial charge is 0.330 e. The number of aromatic nitrogens is 1. The second-order valence-electron chi connectivity index (χ2n) is 4.85. The van der Waals surface area contributed by atoms with Crippen LogP contribution >= 0.6 is 0 Å². The minimum atomic E-state index is -3.51. The maximum absolute atomic E-state index is 12.3. The van der Waals surface area contributed by atoms with Crippen LogP contribution in [0.2, 0.25) is 0 Å². The number of hydrogen-bond acceptors (Lipinski definition) is 4. The number of piperidine rings is 1. The third kappa shape index (κ3) is 3.43. The minimum Gasteiger partial charge on any atom is -0.330 e. The Balaban J connectivity index is 2.12. The van der Waals surface area contributed by atoms with Crippen molar-refractivity contribution in [1.29, 1.82) is 0 Å². The first-order chi connectivity index (χ1) is 9.03. The molecule has 0 amide bonds. The van der Waals surface area contributed by atoms with Crippen LogP contribution in [0, 0.1) is 12.8 Å². The van der Waals surface area contributed by atoms with Gasteiger partial charge in [-0.05, 0) is 44.4 Å². The van der Waals surface area contributed by atoms with Crippen LogP contribution in [0.4, 0.5) is 5.69 Å². The maximum Gasteiger partial charge on any atom is 0.301 e. The van der Waals surface area contributed by atoms with Gasteiger partial charge in [0.2, 0.25) is 0 Å². The van der Waals surface area contributed by atoms with E-state index in [2.05, 4.69) is 9.71 Å². The zero-order chi connectivity index (χ0) is 13.9. The third-order valence-corrected chi connectivity index (χ3v) is 4.89. The van der Waals surface area contributed by atoms with Gasteiger partial charge in [0, 0.05) is 19.3 Å². The standard InChI is InChI=1S/C12H20N4O2S/c1-10-12(5-2-6-14-10)15-19(17,18)16-7-3-4-11(8-13)9-16/h2,5-6,11,15H,3-4,7-9,13H2,1H3. The molecule has 7 heteroatoms. The summed E-state index contributed by atoms with van der Waals surface area (Å²) in [5.41, 5.74) is 6.82. The summed E-state index contributed by atoms with van der Waals surface area (Å²) in [7, 11) is -3.51. The summed E-state index contributed by atoms with van der Waals surface area (Å²) < 4.78 is 28.7. The van der Waals surface area contributed by atoms with Crippen LogP contribution in [0.1, 0.15) is 18.5 Å². The number of hydrogen-bond donors (Lipinski definition) is 2. The SMILES string of the molecule is Cc1ncccc1NS(=O)(=O)N1CCCC(CN)C1. The van der Waals surface area contributed by atoms with E-state index in [1.165, 1.54) is 4.31 Å². The number of pyridine rings is 1. The fourth-order valence-corrected chi connectivity index (χ4v) is 3.63. The molecule has 1 aliphatic heterocycles. The van der Waals surface area contributed by atoms with Gasteiger partial charge in [-0.25, -0.2) is 0 Å². The second-order valence-corrected chi connectivity index (χ2v) is 6.52. The lowest BCUT2D eigenvalue weighted by Crippen LogP contribution is -2.44. The van der Waals surface area contributed by atoms with Crippen molar-refractivity contribution in [1.82, 2.24) is 9.29 Å². The topological polar surface area (TPSA) is 88.3 Å². The molecule has 3 N–H and O–H groups in total. The smallest absolute Gasteiger partial charge is 0.301 e. The molecule has 0 bridgehead atoms. The van der Waals surface area contributed by atoms with Gasteiger partial charge in [-0.15, -0.1) is 0 Å². The van der Waals surface area contributed by atoms with Gasteiger partial charge in [0.25, 0.3) is 0 Å². The molecule has 0 spiro atoms. The molecular formula is C12H20N4O2S. The summed E-state index contributed by atoms with van der Waals surface area (Å²) in [4.78, 5) is 4.07. The van der Waals surface area contributed by atoms with Crippen molar-refractivity contribution in [3.05, 3.63) is 24.0 Å². The number of nitrogens with zero attached hydrogens (tertiary/aromatic N) is 2. The van der Waals surface area contributed by atoms with Crippen molar-refractivity contribution in [2.24, 2.45) is 11.7 Å². The fourth-order valence-electron chi connectivity index (χ4n) is 2.23. The van der Waals surface area contributed by atoms with E-state index in [9.17, 15) is 8.42 Å². The third-order valence-electron chi connectivity index (χ3n) is 3.40. The van der Waals surface area contributed by atoms with Gasteiger partial charge in [0.05, 0.1) is 11.4 Å². The van der Waals surface area contributed by atoms with Crippen molar-refractivity contribution < 1.29 is 8.42 Å². The van der Waals surface area contributed by atoms with Crippen molar-refractivity contribution in [2.75, 3.05) is 24.4 Å². The van der Waals surface area contributed by atoms with Crippen molar-refractivity contribution in [3.63, 3.8) is 0 Å². The van der Waals surface area contributed by atoms with Crippen LogP contribution < -0.4 is 10.5 Å². The Morgan fingerprint density at radius 3 is 3.05 bits per heavy atom. The van der Waals surface area contributed by atoms with E-state index >= 15 is 0 Å². The Morgan fingerprint density at radius 1 is 1.58 bits per heavy atom. The molecule has 1 aliphatic rings. The first kappa shape index (κ1) is 14.2. The molecule has 1 fully saturated rings. The van der Waals surface area contributed by atoms with Crippen molar-refractivity contribution in [2.45, 2.75) is 19.8 Å².